The Morgan fingerprint density at radius 1 is 1.00 bits per heavy atom. The van der Waals surface area contributed by atoms with Crippen molar-refractivity contribution in [1.29, 1.82) is 0 Å². The molecule has 1 saturated heterocycles. The van der Waals surface area contributed by atoms with E-state index in [0.29, 0.717) is 49.9 Å². The Kier molecular flexibility index (Phi) is 6.82. The molecule has 0 unspecified atom stereocenters. The number of halogens is 1. The standard InChI is InChI=1S/C21H26ClN3O3S/c1-3-25(4-2)29(27,28)18-9-7-8-17(16-18)21(26)24-14-12-23(13-15-24)20-11-6-5-10-19(20)22/h5-11,16H,3-4,12-15H2,1-2H3. The van der Waals surface area contributed by atoms with Gasteiger partial charge in [-0.25, -0.2) is 8.42 Å². The topological polar surface area (TPSA) is 60.9 Å². The van der Waals surface area contributed by atoms with Crippen molar-refractivity contribution in [3.8, 4) is 0 Å². The number of amides is 1. The molecule has 29 heavy (non-hydrogen) atoms. The lowest BCUT2D eigenvalue weighted by Crippen LogP contribution is -2.48. The average molecular weight is 436 g/mol. The number of hydrogen-bond donors (Lipinski definition) is 0. The highest BCUT2D eigenvalue weighted by atomic mass is 35.5. The van der Waals surface area contributed by atoms with E-state index < -0.39 is 10.0 Å². The number of sulfonamides is 1. The maximum Gasteiger partial charge on any atom is 0.254 e. The van der Waals surface area contributed by atoms with Crippen LogP contribution in [0.15, 0.2) is 53.4 Å². The maximum atomic E-state index is 13.0. The molecule has 1 heterocycles. The van der Waals surface area contributed by atoms with Crippen LogP contribution in [0.1, 0.15) is 24.2 Å². The van der Waals surface area contributed by atoms with Crippen LogP contribution in [0.3, 0.4) is 0 Å². The van der Waals surface area contributed by atoms with Gasteiger partial charge in [-0.15, -0.1) is 0 Å². The summed E-state index contributed by atoms with van der Waals surface area (Å²) in [5.41, 5.74) is 1.36. The van der Waals surface area contributed by atoms with Crippen LogP contribution in [0.5, 0.6) is 0 Å². The summed E-state index contributed by atoms with van der Waals surface area (Å²) in [7, 11) is -3.60. The van der Waals surface area contributed by atoms with Crippen LogP contribution in [0.2, 0.25) is 5.02 Å². The monoisotopic (exact) mass is 435 g/mol. The third kappa shape index (κ3) is 4.57. The van der Waals surface area contributed by atoms with Crippen molar-refractivity contribution in [1.82, 2.24) is 9.21 Å². The van der Waals surface area contributed by atoms with Crippen molar-refractivity contribution in [2.45, 2.75) is 18.7 Å². The molecule has 0 bridgehead atoms. The van der Waals surface area contributed by atoms with Gasteiger partial charge in [0.05, 0.1) is 15.6 Å². The molecule has 2 aromatic carbocycles. The highest BCUT2D eigenvalue weighted by molar-refractivity contribution is 7.89. The van der Waals surface area contributed by atoms with E-state index >= 15 is 0 Å². The highest BCUT2D eigenvalue weighted by Crippen LogP contribution is 2.26. The van der Waals surface area contributed by atoms with E-state index in [0.717, 1.165) is 5.69 Å². The van der Waals surface area contributed by atoms with Gasteiger partial charge in [-0.05, 0) is 30.3 Å². The molecule has 2 aromatic rings. The molecule has 6 nitrogen and oxygen atoms in total. The molecule has 0 atom stereocenters. The number of rotatable bonds is 6. The molecule has 156 valence electrons. The fourth-order valence-corrected chi connectivity index (χ4v) is 5.30. The number of nitrogens with zero attached hydrogens (tertiary/aromatic N) is 3. The summed E-state index contributed by atoms with van der Waals surface area (Å²) < 4.78 is 26.9. The van der Waals surface area contributed by atoms with Crippen LogP contribution >= 0.6 is 11.6 Å². The molecule has 0 saturated carbocycles. The fraction of sp³-hybridized carbons (Fsp3) is 0.381. The van der Waals surface area contributed by atoms with E-state index in [1.54, 1.807) is 36.9 Å². The Balaban J connectivity index is 1.73. The molecular formula is C21H26ClN3O3S. The second kappa shape index (κ2) is 9.15. The normalized spacial score (nSPS) is 15.0. The van der Waals surface area contributed by atoms with Gasteiger partial charge in [0.1, 0.15) is 0 Å². The first-order chi connectivity index (χ1) is 13.9. The summed E-state index contributed by atoms with van der Waals surface area (Å²) in [5.74, 6) is -0.152. The van der Waals surface area contributed by atoms with Crippen molar-refractivity contribution in [3.05, 3.63) is 59.1 Å². The first kappa shape index (κ1) is 21.6. The Bertz CT molecular complexity index is 969. The summed E-state index contributed by atoms with van der Waals surface area (Å²) in [6, 6.07) is 14.0. The molecule has 0 N–H and O–H groups in total. The molecule has 0 radical (unpaired) electrons. The summed E-state index contributed by atoms with van der Waals surface area (Å²) in [5, 5.41) is 0.696. The second-order valence-electron chi connectivity index (χ2n) is 6.85. The number of anilines is 1. The summed E-state index contributed by atoms with van der Waals surface area (Å²) in [4.78, 5) is 17.0. The van der Waals surface area contributed by atoms with Gasteiger partial charge < -0.3 is 9.80 Å². The predicted molar refractivity (Wildman–Crippen MR) is 116 cm³/mol. The summed E-state index contributed by atoms with van der Waals surface area (Å²) in [6.45, 7) is 6.83. The number of piperazine rings is 1. The van der Waals surface area contributed by atoms with Gasteiger partial charge in [-0.3, -0.25) is 4.79 Å². The van der Waals surface area contributed by atoms with Crippen LogP contribution in [0.25, 0.3) is 0 Å². The second-order valence-corrected chi connectivity index (χ2v) is 9.19. The lowest BCUT2D eigenvalue weighted by Gasteiger charge is -2.36. The zero-order chi connectivity index (χ0) is 21.0. The SMILES string of the molecule is CCN(CC)S(=O)(=O)c1cccc(C(=O)N2CCN(c3ccccc3Cl)CC2)c1. The molecule has 1 aliphatic heterocycles. The van der Waals surface area contributed by atoms with Gasteiger partial charge in [0.25, 0.3) is 5.91 Å². The van der Waals surface area contributed by atoms with Crippen molar-refractivity contribution in [2.75, 3.05) is 44.2 Å². The molecule has 8 heteroatoms. The molecule has 1 aliphatic rings. The van der Waals surface area contributed by atoms with E-state index in [1.807, 2.05) is 24.3 Å². The van der Waals surface area contributed by atoms with Crippen LogP contribution < -0.4 is 4.90 Å². The van der Waals surface area contributed by atoms with E-state index in [4.69, 9.17) is 11.6 Å². The zero-order valence-corrected chi connectivity index (χ0v) is 18.3. The predicted octanol–water partition coefficient (Wildman–Crippen LogP) is 3.33. The van der Waals surface area contributed by atoms with Gasteiger partial charge in [0.2, 0.25) is 10.0 Å². The molecular weight excluding hydrogens is 410 g/mol. The maximum absolute atomic E-state index is 13.0. The van der Waals surface area contributed by atoms with Crippen molar-refractivity contribution in [2.24, 2.45) is 0 Å². The Morgan fingerprint density at radius 2 is 1.66 bits per heavy atom. The Hall–Kier alpha value is -2.09. The summed E-state index contributed by atoms with van der Waals surface area (Å²) in [6.07, 6.45) is 0. The lowest BCUT2D eigenvalue weighted by atomic mass is 10.1. The van der Waals surface area contributed by atoms with Gasteiger partial charge in [-0.2, -0.15) is 4.31 Å². The minimum Gasteiger partial charge on any atom is -0.367 e. The van der Waals surface area contributed by atoms with Gasteiger partial charge in [0.15, 0.2) is 0 Å². The Labute approximate surface area is 177 Å². The average Bonchev–Trinajstić information content (AvgIpc) is 2.74. The zero-order valence-electron chi connectivity index (χ0n) is 16.7. The number of para-hydroxylation sites is 1. The molecule has 3 rings (SSSR count). The summed E-state index contributed by atoms with van der Waals surface area (Å²) >= 11 is 6.28. The van der Waals surface area contributed by atoms with Gasteiger partial charge in [0, 0.05) is 44.8 Å². The molecule has 1 fully saturated rings. The number of carbonyl (C=O) groups is 1. The number of carbonyl (C=O) groups excluding carboxylic acids is 1. The fourth-order valence-electron chi connectivity index (χ4n) is 3.54. The largest absolute Gasteiger partial charge is 0.367 e. The molecule has 0 aromatic heterocycles. The highest BCUT2D eigenvalue weighted by Gasteiger charge is 2.26. The first-order valence-electron chi connectivity index (χ1n) is 9.77. The minimum atomic E-state index is -3.60. The van der Waals surface area contributed by atoms with E-state index in [1.165, 1.54) is 10.4 Å². The van der Waals surface area contributed by atoms with E-state index in [9.17, 15) is 13.2 Å². The van der Waals surface area contributed by atoms with E-state index in [2.05, 4.69) is 4.90 Å². The van der Waals surface area contributed by atoms with Gasteiger partial charge >= 0.3 is 0 Å². The van der Waals surface area contributed by atoms with Crippen LogP contribution in [-0.4, -0.2) is 62.8 Å². The quantitative estimate of drug-likeness (QED) is 0.698. The number of benzene rings is 2. The molecule has 1 amide bonds. The Morgan fingerprint density at radius 3 is 2.28 bits per heavy atom. The third-order valence-corrected chi connectivity index (χ3v) is 7.55. The van der Waals surface area contributed by atoms with E-state index in [-0.39, 0.29) is 10.8 Å². The van der Waals surface area contributed by atoms with Gasteiger partial charge in [-0.1, -0.05) is 43.6 Å². The molecule has 0 spiro atoms. The van der Waals surface area contributed by atoms with Crippen LogP contribution in [-0.2, 0) is 10.0 Å². The smallest absolute Gasteiger partial charge is 0.254 e. The minimum absolute atomic E-state index is 0.152. The third-order valence-electron chi connectivity index (χ3n) is 5.18. The first-order valence-corrected chi connectivity index (χ1v) is 11.6. The van der Waals surface area contributed by atoms with Crippen molar-refractivity contribution < 1.29 is 13.2 Å². The van der Waals surface area contributed by atoms with Crippen LogP contribution in [0, 0.1) is 0 Å². The van der Waals surface area contributed by atoms with Crippen molar-refractivity contribution >= 4 is 33.2 Å². The lowest BCUT2D eigenvalue weighted by molar-refractivity contribution is 0.0746. The number of hydrogen-bond acceptors (Lipinski definition) is 4. The van der Waals surface area contributed by atoms with Crippen LogP contribution in [0.4, 0.5) is 5.69 Å². The van der Waals surface area contributed by atoms with Crippen molar-refractivity contribution in [3.63, 3.8) is 0 Å². The molecule has 0 aliphatic carbocycles.